The number of hydrogen-bond acceptors (Lipinski definition) is 1. The average molecular weight is 169 g/mol. The van der Waals surface area contributed by atoms with E-state index in [1.165, 1.54) is 51.7 Å². The molecule has 1 rings (SSSR count). The number of likely N-dealkylation sites (tertiary alicyclic amines) is 1. The van der Waals surface area contributed by atoms with Gasteiger partial charge in [0.2, 0.25) is 0 Å². The molecule has 1 fully saturated rings. The molecule has 1 heterocycles. The van der Waals surface area contributed by atoms with Gasteiger partial charge in [-0.2, -0.15) is 0 Å². The van der Waals surface area contributed by atoms with Crippen LogP contribution in [0.25, 0.3) is 0 Å². The zero-order chi connectivity index (χ0) is 8.81. The number of unbranched alkanes of at least 4 members (excludes halogenated alkanes) is 2. The van der Waals surface area contributed by atoms with Crippen molar-refractivity contribution in [3.8, 4) is 0 Å². The summed E-state index contributed by atoms with van der Waals surface area (Å²) in [6, 6.07) is 0. The molecule has 0 aromatic rings. The van der Waals surface area contributed by atoms with Crippen LogP contribution in [0.5, 0.6) is 0 Å². The molecule has 0 N–H and O–H groups in total. The summed E-state index contributed by atoms with van der Waals surface area (Å²) in [5, 5.41) is 0. The third-order valence-electron chi connectivity index (χ3n) is 3.03. The molecule has 1 aliphatic heterocycles. The average Bonchev–Trinajstić information content (AvgIpc) is 2.53. The highest BCUT2D eigenvalue weighted by Gasteiger charge is 2.19. The van der Waals surface area contributed by atoms with E-state index in [1.54, 1.807) is 0 Å². The molecule has 1 saturated heterocycles. The standard InChI is InChI=1S/C11H23N/c1-3-5-6-8-12-9-7-11(4-2)10-12/h11H,3-10H2,1-2H3. The van der Waals surface area contributed by atoms with Gasteiger partial charge < -0.3 is 4.90 Å². The smallest absolute Gasteiger partial charge is 0.00100 e. The Bertz CT molecular complexity index is 112. The first kappa shape index (κ1) is 10.0. The van der Waals surface area contributed by atoms with Crippen LogP contribution in [0.3, 0.4) is 0 Å². The van der Waals surface area contributed by atoms with E-state index in [-0.39, 0.29) is 0 Å². The lowest BCUT2D eigenvalue weighted by Crippen LogP contribution is -2.21. The fourth-order valence-electron chi connectivity index (χ4n) is 2.03. The van der Waals surface area contributed by atoms with Crippen molar-refractivity contribution >= 4 is 0 Å². The van der Waals surface area contributed by atoms with E-state index in [2.05, 4.69) is 18.7 Å². The van der Waals surface area contributed by atoms with E-state index in [4.69, 9.17) is 0 Å². The minimum absolute atomic E-state index is 1.01. The van der Waals surface area contributed by atoms with Crippen LogP contribution in [0.2, 0.25) is 0 Å². The van der Waals surface area contributed by atoms with E-state index in [1.807, 2.05) is 0 Å². The van der Waals surface area contributed by atoms with Crippen LogP contribution < -0.4 is 0 Å². The highest BCUT2D eigenvalue weighted by Crippen LogP contribution is 2.19. The Kier molecular flexibility index (Phi) is 4.67. The Morgan fingerprint density at radius 1 is 1.25 bits per heavy atom. The molecule has 1 heteroatoms. The van der Waals surface area contributed by atoms with Crippen molar-refractivity contribution in [3.05, 3.63) is 0 Å². The molecule has 1 aliphatic rings. The molecule has 0 aliphatic carbocycles. The highest BCUT2D eigenvalue weighted by molar-refractivity contribution is 4.73. The first-order valence-corrected chi connectivity index (χ1v) is 5.59. The number of nitrogens with zero attached hydrogens (tertiary/aromatic N) is 1. The summed E-state index contributed by atoms with van der Waals surface area (Å²) in [6.45, 7) is 8.69. The Morgan fingerprint density at radius 2 is 2.08 bits per heavy atom. The molecule has 72 valence electrons. The van der Waals surface area contributed by atoms with Crippen LogP contribution in [0.4, 0.5) is 0 Å². The van der Waals surface area contributed by atoms with E-state index in [0.717, 1.165) is 5.92 Å². The minimum atomic E-state index is 1.01. The minimum Gasteiger partial charge on any atom is -0.303 e. The Hall–Kier alpha value is -0.0400. The number of rotatable bonds is 5. The van der Waals surface area contributed by atoms with Gasteiger partial charge in [-0.25, -0.2) is 0 Å². The van der Waals surface area contributed by atoms with Crippen LogP contribution in [-0.4, -0.2) is 24.5 Å². The van der Waals surface area contributed by atoms with Gasteiger partial charge in [-0.05, 0) is 31.8 Å². The summed E-state index contributed by atoms with van der Waals surface area (Å²) in [5.41, 5.74) is 0. The second-order valence-corrected chi connectivity index (χ2v) is 4.07. The zero-order valence-corrected chi connectivity index (χ0v) is 8.68. The lowest BCUT2D eigenvalue weighted by Gasteiger charge is -2.14. The van der Waals surface area contributed by atoms with Crippen molar-refractivity contribution in [1.29, 1.82) is 0 Å². The summed E-state index contributed by atoms with van der Waals surface area (Å²) >= 11 is 0. The molecule has 0 radical (unpaired) electrons. The van der Waals surface area contributed by atoms with Gasteiger partial charge in [0.1, 0.15) is 0 Å². The van der Waals surface area contributed by atoms with E-state index in [9.17, 15) is 0 Å². The van der Waals surface area contributed by atoms with Crippen LogP contribution in [0.15, 0.2) is 0 Å². The predicted octanol–water partition coefficient (Wildman–Crippen LogP) is 2.91. The maximum Gasteiger partial charge on any atom is 0.00100 e. The molecule has 0 saturated carbocycles. The SMILES string of the molecule is CCCCCN1CCC(CC)C1. The summed E-state index contributed by atoms with van der Waals surface area (Å²) in [7, 11) is 0. The first-order chi connectivity index (χ1) is 5.86. The van der Waals surface area contributed by atoms with Crippen LogP contribution in [-0.2, 0) is 0 Å². The molecule has 0 aromatic heterocycles. The fraction of sp³-hybridized carbons (Fsp3) is 1.00. The third kappa shape index (κ3) is 3.14. The van der Waals surface area contributed by atoms with E-state index >= 15 is 0 Å². The molecule has 0 aromatic carbocycles. The Labute approximate surface area is 77.1 Å². The molecule has 1 unspecified atom stereocenters. The van der Waals surface area contributed by atoms with Gasteiger partial charge >= 0.3 is 0 Å². The molecule has 1 nitrogen and oxygen atoms in total. The lowest BCUT2D eigenvalue weighted by atomic mass is 10.1. The third-order valence-corrected chi connectivity index (χ3v) is 3.03. The fourth-order valence-corrected chi connectivity index (χ4v) is 2.03. The summed E-state index contributed by atoms with van der Waals surface area (Å²) < 4.78 is 0. The summed E-state index contributed by atoms with van der Waals surface area (Å²) in [5.74, 6) is 1.01. The van der Waals surface area contributed by atoms with Crippen LogP contribution >= 0.6 is 0 Å². The molecule has 0 amide bonds. The largest absolute Gasteiger partial charge is 0.303 e. The van der Waals surface area contributed by atoms with Gasteiger partial charge in [-0.3, -0.25) is 0 Å². The maximum absolute atomic E-state index is 2.64. The van der Waals surface area contributed by atoms with Crippen LogP contribution in [0, 0.1) is 5.92 Å². The van der Waals surface area contributed by atoms with E-state index in [0.29, 0.717) is 0 Å². The summed E-state index contributed by atoms with van der Waals surface area (Å²) in [6.07, 6.45) is 7.00. The second kappa shape index (κ2) is 5.58. The zero-order valence-electron chi connectivity index (χ0n) is 8.68. The second-order valence-electron chi connectivity index (χ2n) is 4.07. The van der Waals surface area contributed by atoms with Gasteiger partial charge in [0.25, 0.3) is 0 Å². The lowest BCUT2D eigenvalue weighted by molar-refractivity contribution is 0.314. The molecule has 12 heavy (non-hydrogen) atoms. The topological polar surface area (TPSA) is 3.24 Å². The van der Waals surface area contributed by atoms with Gasteiger partial charge in [-0.15, -0.1) is 0 Å². The molecule has 0 bridgehead atoms. The first-order valence-electron chi connectivity index (χ1n) is 5.59. The van der Waals surface area contributed by atoms with Gasteiger partial charge in [-0.1, -0.05) is 33.1 Å². The quantitative estimate of drug-likeness (QED) is 0.572. The Morgan fingerprint density at radius 3 is 2.67 bits per heavy atom. The van der Waals surface area contributed by atoms with Crippen molar-refractivity contribution in [1.82, 2.24) is 4.90 Å². The molecule has 0 spiro atoms. The normalized spacial score (nSPS) is 25.0. The number of hydrogen-bond donors (Lipinski definition) is 0. The Balaban J connectivity index is 2.03. The molecule has 1 atom stereocenters. The van der Waals surface area contributed by atoms with Crippen molar-refractivity contribution in [2.45, 2.75) is 46.0 Å². The highest BCUT2D eigenvalue weighted by atomic mass is 15.1. The monoisotopic (exact) mass is 169 g/mol. The van der Waals surface area contributed by atoms with Crippen LogP contribution in [0.1, 0.15) is 46.0 Å². The maximum atomic E-state index is 2.64. The van der Waals surface area contributed by atoms with Gasteiger partial charge in [0.15, 0.2) is 0 Å². The van der Waals surface area contributed by atoms with Crippen molar-refractivity contribution in [3.63, 3.8) is 0 Å². The molecular formula is C11H23N. The van der Waals surface area contributed by atoms with Gasteiger partial charge in [0, 0.05) is 6.54 Å². The summed E-state index contributed by atoms with van der Waals surface area (Å²) in [4.78, 5) is 2.64. The molecular weight excluding hydrogens is 146 g/mol. The van der Waals surface area contributed by atoms with Crippen molar-refractivity contribution < 1.29 is 0 Å². The van der Waals surface area contributed by atoms with Gasteiger partial charge in [0.05, 0.1) is 0 Å². The van der Waals surface area contributed by atoms with E-state index < -0.39 is 0 Å². The van der Waals surface area contributed by atoms with Crippen molar-refractivity contribution in [2.75, 3.05) is 19.6 Å². The van der Waals surface area contributed by atoms with Crippen molar-refractivity contribution in [2.24, 2.45) is 5.92 Å². The predicted molar refractivity (Wildman–Crippen MR) is 54.4 cm³/mol.